The van der Waals surface area contributed by atoms with Crippen LogP contribution in [0.25, 0.3) is 0 Å². The smallest absolute Gasteiger partial charge is 0.119 e. The number of rotatable bonds is 4. The minimum Gasteiger partial charge on any atom is -0.497 e. The molecular weight excluding hydrogens is 298 g/mol. The highest BCUT2D eigenvalue weighted by atomic mass is 79.9. The third kappa shape index (κ3) is 3.09. The minimum atomic E-state index is -0.0156. The normalized spacial score (nSPS) is 12.4. The Morgan fingerprint density at radius 2 is 2.24 bits per heavy atom. The Hall–Kier alpha value is -0.840. The van der Waals surface area contributed by atoms with Crippen LogP contribution in [-0.4, -0.2) is 7.11 Å². The molecule has 0 saturated heterocycles. The first-order chi connectivity index (χ1) is 8.20. The standard InChI is InChI=1S/C13H14BrNOS/c1-16-9-4-5-12(14)11(7-9)13(15)8-10-3-2-6-17-10/h2-7,13H,8,15H2,1H3. The summed E-state index contributed by atoms with van der Waals surface area (Å²) >= 11 is 5.27. The third-order valence-electron chi connectivity index (χ3n) is 2.60. The molecule has 0 aliphatic heterocycles. The van der Waals surface area contributed by atoms with E-state index in [1.54, 1.807) is 18.4 Å². The van der Waals surface area contributed by atoms with Crippen molar-refractivity contribution >= 4 is 27.3 Å². The molecule has 2 nitrogen and oxygen atoms in total. The van der Waals surface area contributed by atoms with Crippen molar-refractivity contribution in [1.82, 2.24) is 0 Å². The Balaban J connectivity index is 2.20. The molecule has 4 heteroatoms. The molecule has 0 bridgehead atoms. The van der Waals surface area contributed by atoms with E-state index >= 15 is 0 Å². The summed E-state index contributed by atoms with van der Waals surface area (Å²) in [6.45, 7) is 0. The second kappa shape index (κ2) is 5.67. The fraction of sp³-hybridized carbons (Fsp3) is 0.231. The van der Waals surface area contributed by atoms with E-state index in [0.29, 0.717) is 0 Å². The van der Waals surface area contributed by atoms with E-state index in [1.807, 2.05) is 24.3 Å². The van der Waals surface area contributed by atoms with Gasteiger partial charge in [-0.2, -0.15) is 0 Å². The van der Waals surface area contributed by atoms with Gasteiger partial charge in [0.15, 0.2) is 0 Å². The summed E-state index contributed by atoms with van der Waals surface area (Å²) in [5, 5.41) is 2.07. The second-order valence-corrected chi connectivity index (χ2v) is 5.66. The fourth-order valence-corrected chi connectivity index (χ4v) is 2.99. The molecule has 2 N–H and O–H groups in total. The monoisotopic (exact) mass is 311 g/mol. The number of methoxy groups -OCH3 is 1. The van der Waals surface area contributed by atoms with Gasteiger partial charge in [-0.25, -0.2) is 0 Å². The first kappa shape index (κ1) is 12.6. The molecule has 0 saturated carbocycles. The zero-order chi connectivity index (χ0) is 12.3. The lowest BCUT2D eigenvalue weighted by atomic mass is 10.0. The van der Waals surface area contributed by atoms with E-state index in [9.17, 15) is 0 Å². The van der Waals surface area contributed by atoms with Crippen LogP contribution in [0.2, 0.25) is 0 Å². The summed E-state index contributed by atoms with van der Waals surface area (Å²) in [6.07, 6.45) is 0.851. The molecule has 1 unspecified atom stereocenters. The summed E-state index contributed by atoms with van der Waals surface area (Å²) in [5.74, 6) is 0.838. The zero-order valence-electron chi connectivity index (χ0n) is 9.52. The number of hydrogen-bond donors (Lipinski definition) is 1. The summed E-state index contributed by atoms with van der Waals surface area (Å²) < 4.78 is 6.25. The number of nitrogens with two attached hydrogens (primary N) is 1. The van der Waals surface area contributed by atoms with Gasteiger partial charge in [0, 0.05) is 21.8 Å². The van der Waals surface area contributed by atoms with Crippen LogP contribution in [0.1, 0.15) is 16.5 Å². The Kier molecular flexibility index (Phi) is 4.20. The molecule has 1 aromatic carbocycles. The first-order valence-electron chi connectivity index (χ1n) is 5.32. The average Bonchev–Trinajstić information content (AvgIpc) is 2.82. The minimum absolute atomic E-state index is 0.0156. The van der Waals surface area contributed by atoms with Gasteiger partial charge in [-0.1, -0.05) is 22.0 Å². The number of hydrogen-bond acceptors (Lipinski definition) is 3. The van der Waals surface area contributed by atoms with Crippen molar-refractivity contribution in [2.75, 3.05) is 7.11 Å². The Morgan fingerprint density at radius 1 is 1.41 bits per heavy atom. The lowest BCUT2D eigenvalue weighted by Gasteiger charge is -2.14. The second-order valence-electron chi connectivity index (χ2n) is 3.78. The fourth-order valence-electron chi connectivity index (χ4n) is 1.69. The van der Waals surface area contributed by atoms with E-state index in [-0.39, 0.29) is 6.04 Å². The molecule has 1 heterocycles. The van der Waals surface area contributed by atoms with E-state index < -0.39 is 0 Å². The number of benzene rings is 1. The van der Waals surface area contributed by atoms with E-state index in [2.05, 4.69) is 27.4 Å². The van der Waals surface area contributed by atoms with Crippen LogP contribution in [0.15, 0.2) is 40.2 Å². The molecular formula is C13H14BrNOS. The molecule has 17 heavy (non-hydrogen) atoms. The van der Waals surface area contributed by atoms with Crippen molar-refractivity contribution in [3.63, 3.8) is 0 Å². The van der Waals surface area contributed by atoms with Crippen LogP contribution in [-0.2, 0) is 6.42 Å². The molecule has 90 valence electrons. The van der Waals surface area contributed by atoms with Crippen LogP contribution >= 0.6 is 27.3 Å². The molecule has 1 aromatic heterocycles. The van der Waals surface area contributed by atoms with Crippen LogP contribution < -0.4 is 10.5 Å². The van der Waals surface area contributed by atoms with E-state index in [1.165, 1.54) is 4.88 Å². The Bertz CT molecular complexity index is 484. The molecule has 0 aliphatic carbocycles. The van der Waals surface area contributed by atoms with Gasteiger partial charge in [0.05, 0.1) is 7.11 Å². The molecule has 0 amide bonds. The van der Waals surface area contributed by atoms with Gasteiger partial charge in [0.2, 0.25) is 0 Å². The van der Waals surface area contributed by atoms with Crippen LogP contribution in [0.3, 0.4) is 0 Å². The predicted molar refractivity (Wildman–Crippen MR) is 75.6 cm³/mol. The van der Waals surface area contributed by atoms with Gasteiger partial charge >= 0.3 is 0 Å². The molecule has 0 radical (unpaired) electrons. The van der Waals surface area contributed by atoms with Gasteiger partial charge in [0.25, 0.3) is 0 Å². The van der Waals surface area contributed by atoms with E-state index in [0.717, 1.165) is 22.2 Å². The maximum Gasteiger partial charge on any atom is 0.119 e. The van der Waals surface area contributed by atoms with Crippen molar-refractivity contribution < 1.29 is 4.74 Å². The SMILES string of the molecule is COc1ccc(Br)c(C(N)Cc2cccs2)c1. The zero-order valence-corrected chi connectivity index (χ0v) is 11.9. The first-order valence-corrected chi connectivity index (χ1v) is 6.99. The summed E-state index contributed by atoms with van der Waals surface area (Å²) in [7, 11) is 1.66. The number of thiophene rings is 1. The maximum absolute atomic E-state index is 6.23. The van der Waals surface area contributed by atoms with Crippen molar-refractivity contribution in [1.29, 1.82) is 0 Å². The highest BCUT2D eigenvalue weighted by Gasteiger charge is 2.12. The number of halogens is 1. The highest BCUT2D eigenvalue weighted by molar-refractivity contribution is 9.10. The average molecular weight is 312 g/mol. The Morgan fingerprint density at radius 3 is 2.88 bits per heavy atom. The van der Waals surface area contributed by atoms with Gasteiger partial charge in [-0.3, -0.25) is 0 Å². The molecule has 2 aromatic rings. The summed E-state index contributed by atoms with van der Waals surface area (Å²) in [5.41, 5.74) is 7.31. The van der Waals surface area contributed by atoms with Crippen LogP contribution in [0.5, 0.6) is 5.75 Å². The topological polar surface area (TPSA) is 35.2 Å². The quantitative estimate of drug-likeness (QED) is 0.933. The van der Waals surface area contributed by atoms with Crippen LogP contribution in [0.4, 0.5) is 0 Å². The van der Waals surface area contributed by atoms with Gasteiger partial charge in [0.1, 0.15) is 5.75 Å². The lowest BCUT2D eigenvalue weighted by Crippen LogP contribution is -2.13. The summed E-state index contributed by atoms with van der Waals surface area (Å²) in [6, 6.07) is 10.0. The predicted octanol–water partition coefficient (Wildman–Crippen LogP) is 3.76. The Labute approximate surface area is 114 Å². The van der Waals surface area contributed by atoms with Gasteiger partial charge in [-0.15, -0.1) is 11.3 Å². The highest BCUT2D eigenvalue weighted by Crippen LogP contribution is 2.29. The van der Waals surface area contributed by atoms with Gasteiger partial charge < -0.3 is 10.5 Å². The third-order valence-corrected chi connectivity index (χ3v) is 4.22. The maximum atomic E-state index is 6.23. The number of ether oxygens (including phenoxy) is 1. The van der Waals surface area contributed by atoms with E-state index in [4.69, 9.17) is 10.5 Å². The molecule has 0 fully saturated rings. The molecule has 0 aliphatic rings. The lowest BCUT2D eigenvalue weighted by molar-refractivity contribution is 0.413. The van der Waals surface area contributed by atoms with Crippen molar-refractivity contribution in [2.45, 2.75) is 12.5 Å². The van der Waals surface area contributed by atoms with Gasteiger partial charge in [-0.05, 0) is 35.2 Å². The van der Waals surface area contributed by atoms with Crippen molar-refractivity contribution in [2.24, 2.45) is 5.73 Å². The van der Waals surface area contributed by atoms with Crippen LogP contribution in [0, 0.1) is 0 Å². The molecule has 1 atom stereocenters. The molecule has 2 rings (SSSR count). The molecule has 0 spiro atoms. The summed E-state index contributed by atoms with van der Waals surface area (Å²) in [4.78, 5) is 1.30. The van der Waals surface area contributed by atoms with Crippen molar-refractivity contribution in [3.8, 4) is 5.75 Å². The largest absolute Gasteiger partial charge is 0.497 e. The van der Waals surface area contributed by atoms with Crippen molar-refractivity contribution in [3.05, 3.63) is 50.6 Å².